The zero-order valence-corrected chi connectivity index (χ0v) is 13.6. The van der Waals surface area contributed by atoms with Gasteiger partial charge in [0.1, 0.15) is 11.5 Å². The van der Waals surface area contributed by atoms with E-state index < -0.39 is 0 Å². The molecule has 1 N–H and O–H groups in total. The number of amides is 2. The molecule has 124 valence electrons. The number of hydrogen-bond donors (Lipinski definition) is 1. The highest BCUT2D eigenvalue weighted by molar-refractivity contribution is 5.97. The fraction of sp³-hybridized carbons (Fsp3) is 0.263. The van der Waals surface area contributed by atoms with Gasteiger partial charge in [-0.05, 0) is 31.2 Å². The summed E-state index contributed by atoms with van der Waals surface area (Å²) in [5, 5.41) is 2.82. The van der Waals surface area contributed by atoms with E-state index in [-0.39, 0.29) is 17.9 Å². The summed E-state index contributed by atoms with van der Waals surface area (Å²) in [6.45, 7) is 2.81. The van der Waals surface area contributed by atoms with Crippen molar-refractivity contribution >= 4 is 11.8 Å². The molecule has 0 aliphatic carbocycles. The van der Waals surface area contributed by atoms with Gasteiger partial charge < -0.3 is 15.0 Å². The second-order valence-electron chi connectivity index (χ2n) is 5.81. The molecule has 2 aromatic rings. The lowest BCUT2D eigenvalue weighted by atomic mass is 10.1. The van der Waals surface area contributed by atoms with Crippen molar-refractivity contribution in [3.8, 4) is 11.5 Å². The first kappa shape index (κ1) is 16.1. The minimum atomic E-state index is -0.120. The molecule has 5 nitrogen and oxygen atoms in total. The summed E-state index contributed by atoms with van der Waals surface area (Å²) < 4.78 is 5.88. The van der Waals surface area contributed by atoms with Crippen LogP contribution >= 0.6 is 0 Å². The molecule has 1 aliphatic rings. The summed E-state index contributed by atoms with van der Waals surface area (Å²) in [5.41, 5.74) is 0.502. The Labute approximate surface area is 141 Å². The summed E-state index contributed by atoms with van der Waals surface area (Å²) >= 11 is 0. The number of para-hydroxylation sites is 2. The van der Waals surface area contributed by atoms with Crippen molar-refractivity contribution in [2.24, 2.45) is 0 Å². The van der Waals surface area contributed by atoms with Crippen molar-refractivity contribution in [2.75, 3.05) is 13.1 Å². The van der Waals surface area contributed by atoms with Crippen LogP contribution < -0.4 is 10.1 Å². The van der Waals surface area contributed by atoms with Crippen LogP contribution in [-0.4, -0.2) is 35.8 Å². The SMILES string of the molecule is CC1CNC(=O)CCN1C(=O)c1ccccc1Oc1ccccc1. The van der Waals surface area contributed by atoms with Crippen LogP contribution in [0.25, 0.3) is 0 Å². The Hall–Kier alpha value is -2.82. The van der Waals surface area contributed by atoms with Crippen molar-refractivity contribution in [2.45, 2.75) is 19.4 Å². The zero-order chi connectivity index (χ0) is 16.9. The van der Waals surface area contributed by atoms with Gasteiger partial charge in [0.25, 0.3) is 5.91 Å². The maximum absolute atomic E-state index is 13.0. The van der Waals surface area contributed by atoms with E-state index in [2.05, 4.69) is 5.32 Å². The normalized spacial score (nSPS) is 17.8. The molecule has 0 radical (unpaired) electrons. The van der Waals surface area contributed by atoms with E-state index in [9.17, 15) is 9.59 Å². The molecule has 0 aromatic heterocycles. The lowest BCUT2D eigenvalue weighted by Gasteiger charge is -2.27. The highest BCUT2D eigenvalue weighted by Gasteiger charge is 2.27. The lowest BCUT2D eigenvalue weighted by molar-refractivity contribution is -0.120. The molecule has 5 heteroatoms. The highest BCUT2D eigenvalue weighted by atomic mass is 16.5. The third-order valence-electron chi connectivity index (χ3n) is 4.06. The van der Waals surface area contributed by atoms with Crippen LogP contribution in [0.4, 0.5) is 0 Å². The van der Waals surface area contributed by atoms with Crippen LogP contribution in [0.15, 0.2) is 54.6 Å². The molecule has 1 heterocycles. The van der Waals surface area contributed by atoms with Gasteiger partial charge in [0.05, 0.1) is 5.56 Å². The van der Waals surface area contributed by atoms with E-state index in [4.69, 9.17) is 4.74 Å². The number of ether oxygens (including phenoxy) is 1. The molecule has 24 heavy (non-hydrogen) atoms. The summed E-state index contributed by atoms with van der Waals surface area (Å²) in [5.74, 6) is 1.06. The molecule has 2 aromatic carbocycles. The van der Waals surface area contributed by atoms with Crippen LogP contribution in [-0.2, 0) is 4.79 Å². The molecule has 1 aliphatic heterocycles. The van der Waals surface area contributed by atoms with Crippen LogP contribution in [0.3, 0.4) is 0 Å². The summed E-state index contributed by atoms with van der Waals surface area (Å²) in [4.78, 5) is 26.3. The molecule has 0 bridgehead atoms. The smallest absolute Gasteiger partial charge is 0.257 e. The minimum Gasteiger partial charge on any atom is -0.457 e. The van der Waals surface area contributed by atoms with E-state index in [0.29, 0.717) is 36.6 Å². The maximum Gasteiger partial charge on any atom is 0.257 e. The van der Waals surface area contributed by atoms with Crippen LogP contribution in [0.2, 0.25) is 0 Å². The van der Waals surface area contributed by atoms with Gasteiger partial charge in [0.2, 0.25) is 5.91 Å². The maximum atomic E-state index is 13.0. The Kier molecular flexibility index (Phi) is 4.79. The second kappa shape index (κ2) is 7.17. The van der Waals surface area contributed by atoms with E-state index >= 15 is 0 Å². The average molecular weight is 324 g/mol. The van der Waals surface area contributed by atoms with Gasteiger partial charge >= 0.3 is 0 Å². The van der Waals surface area contributed by atoms with Crippen LogP contribution in [0, 0.1) is 0 Å². The van der Waals surface area contributed by atoms with Gasteiger partial charge in [-0.3, -0.25) is 9.59 Å². The number of carbonyl (C=O) groups is 2. The van der Waals surface area contributed by atoms with Crippen LogP contribution in [0.5, 0.6) is 11.5 Å². The van der Waals surface area contributed by atoms with Gasteiger partial charge in [-0.25, -0.2) is 0 Å². The average Bonchev–Trinajstić information content (AvgIpc) is 2.77. The van der Waals surface area contributed by atoms with E-state index in [1.165, 1.54) is 0 Å². The fourth-order valence-electron chi connectivity index (χ4n) is 2.71. The number of nitrogens with one attached hydrogen (secondary N) is 1. The predicted octanol–water partition coefficient (Wildman–Crippen LogP) is 2.83. The Morgan fingerprint density at radius 1 is 1.12 bits per heavy atom. The minimum absolute atomic E-state index is 0.0222. The van der Waals surface area contributed by atoms with Gasteiger partial charge in [-0.2, -0.15) is 0 Å². The van der Waals surface area contributed by atoms with Gasteiger partial charge in [0, 0.05) is 25.6 Å². The zero-order valence-electron chi connectivity index (χ0n) is 13.6. The molecule has 1 saturated heterocycles. The molecule has 2 amide bonds. The first-order chi connectivity index (χ1) is 11.6. The van der Waals surface area contributed by atoms with Crippen molar-refractivity contribution in [1.82, 2.24) is 10.2 Å². The molecule has 1 unspecified atom stereocenters. The molecule has 3 rings (SSSR count). The molecular weight excluding hydrogens is 304 g/mol. The second-order valence-corrected chi connectivity index (χ2v) is 5.81. The van der Waals surface area contributed by atoms with E-state index in [1.807, 2.05) is 49.4 Å². The molecular formula is C19H20N2O3. The van der Waals surface area contributed by atoms with Gasteiger partial charge in [0.15, 0.2) is 0 Å². The molecule has 0 saturated carbocycles. The highest BCUT2D eigenvalue weighted by Crippen LogP contribution is 2.26. The van der Waals surface area contributed by atoms with E-state index in [1.54, 1.807) is 17.0 Å². The third kappa shape index (κ3) is 3.56. The Balaban J connectivity index is 1.86. The molecule has 0 spiro atoms. The Morgan fingerprint density at radius 2 is 1.83 bits per heavy atom. The van der Waals surface area contributed by atoms with Crippen molar-refractivity contribution in [3.05, 3.63) is 60.2 Å². The quantitative estimate of drug-likeness (QED) is 0.944. The largest absolute Gasteiger partial charge is 0.457 e. The Bertz CT molecular complexity index is 730. The van der Waals surface area contributed by atoms with Crippen molar-refractivity contribution in [3.63, 3.8) is 0 Å². The number of rotatable bonds is 3. The Morgan fingerprint density at radius 3 is 2.62 bits per heavy atom. The van der Waals surface area contributed by atoms with E-state index in [0.717, 1.165) is 0 Å². The lowest BCUT2D eigenvalue weighted by Crippen LogP contribution is -2.41. The van der Waals surface area contributed by atoms with Gasteiger partial charge in [-0.1, -0.05) is 30.3 Å². The van der Waals surface area contributed by atoms with Crippen LogP contribution in [0.1, 0.15) is 23.7 Å². The number of carbonyl (C=O) groups excluding carboxylic acids is 2. The summed E-state index contributed by atoms with van der Waals surface area (Å²) in [6.07, 6.45) is 0.317. The first-order valence-electron chi connectivity index (χ1n) is 8.05. The third-order valence-corrected chi connectivity index (χ3v) is 4.06. The summed E-state index contributed by atoms with van der Waals surface area (Å²) in [6, 6.07) is 16.5. The molecule has 1 atom stereocenters. The summed E-state index contributed by atoms with van der Waals surface area (Å²) in [7, 11) is 0. The predicted molar refractivity (Wildman–Crippen MR) is 91.1 cm³/mol. The number of benzene rings is 2. The fourth-order valence-corrected chi connectivity index (χ4v) is 2.71. The monoisotopic (exact) mass is 324 g/mol. The topological polar surface area (TPSA) is 58.6 Å². The van der Waals surface area contributed by atoms with Gasteiger partial charge in [-0.15, -0.1) is 0 Å². The first-order valence-corrected chi connectivity index (χ1v) is 8.05. The van der Waals surface area contributed by atoms with Crippen molar-refractivity contribution < 1.29 is 14.3 Å². The molecule has 1 fully saturated rings. The standard InChI is InChI=1S/C19H20N2O3/c1-14-13-20-18(22)11-12-21(14)19(23)16-9-5-6-10-17(16)24-15-7-3-2-4-8-15/h2-10,14H,11-13H2,1H3,(H,20,22). The van der Waals surface area contributed by atoms with Crippen molar-refractivity contribution in [1.29, 1.82) is 0 Å². The number of nitrogens with zero attached hydrogens (tertiary/aromatic N) is 1. The number of hydrogen-bond acceptors (Lipinski definition) is 3.